The first-order valence-electron chi connectivity index (χ1n) is 10.1. The van der Waals surface area contributed by atoms with Crippen LogP contribution < -0.4 is 4.74 Å². The minimum atomic E-state index is -1.24. The van der Waals surface area contributed by atoms with Crippen molar-refractivity contribution < 1.29 is 9.84 Å². The highest BCUT2D eigenvalue weighted by molar-refractivity contribution is 6.08. The monoisotopic (exact) mass is 390 g/mol. The zero-order valence-corrected chi connectivity index (χ0v) is 16.7. The molecule has 0 fully saturated rings. The molecule has 146 valence electrons. The molecule has 0 saturated carbocycles. The molecule has 1 unspecified atom stereocenters. The van der Waals surface area contributed by atoms with Crippen LogP contribution in [-0.2, 0) is 5.60 Å². The Morgan fingerprint density at radius 3 is 1.90 bits per heavy atom. The number of rotatable bonds is 4. The van der Waals surface area contributed by atoms with Crippen LogP contribution in [0.15, 0.2) is 109 Å². The van der Waals surface area contributed by atoms with Gasteiger partial charge in [-0.25, -0.2) is 0 Å². The molecule has 5 rings (SSSR count). The van der Waals surface area contributed by atoms with Gasteiger partial charge in [0.25, 0.3) is 0 Å². The molecule has 1 aliphatic rings. The first kappa shape index (κ1) is 18.4. The SMILES string of the molecule is COc1ccc(C2=C(c3ccccc3)C(O)(c3ccccc3)c3ccccc32)cc1. The summed E-state index contributed by atoms with van der Waals surface area (Å²) in [6, 6.07) is 36.3. The smallest absolute Gasteiger partial charge is 0.142 e. The summed E-state index contributed by atoms with van der Waals surface area (Å²) < 4.78 is 5.36. The topological polar surface area (TPSA) is 29.5 Å². The van der Waals surface area contributed by atoms with E-state index in [2.05, 4.69) is 30.3 Å². The van der Waals surface area contributed by atoms with Gasteiger partial charge in [0.2, 0.25) is 0 Å². The van der Waals surface area contributed by atoms with Crippen molar-refractivity contribution in [2.45, 2.75) is 5.60 Å². The maximum Gasteiger partial charge on any atom is 0.142 e. The van der Waals surface area contributed by atoms with Crippen molar-refractivity contribution >= 4 is 11.1 Å². The summed E-state index contributed by atoms with van der Waals surface area (Å²) in [6.07, 6.45) is 0. The van der Waals surface area contributed by atoms with Gasteiger partial charge in [0.05, 0.1) is 7.11 Å². The van der Waals surface area contributed by atoms with Crippen LogP contribution in [0, 0.1) is 0 Å². The lowest BCUT2D eigenvalue weighted by Gasteiger charge is -2.29. The summed E-state index contributed by atoms with van der Waals surface area (Å²) in [5.41, 5.74) is 5.58. The first-order valence-corrected chi connectivity index (χ1v) is 10.1. The predicted octanol–water partition coefficient (Wildman–Crippen LogP) is 5.90. The number of fused-ring (bicyclic) bond motifs is 1. The van der Waals surface area contributed by atoms with Gasteiger partial charge in [-0.3, -0.25) is 0 Å². The third kappa shape index (κ3) is 2.77. The molecule has 1 atom stereocenters. The van der Waals surface area contributed by atoms with E-state index in [4.69, 9.17) is 4.74 Å². The standard InChI is InChI=1S/C28H22O2/c1-30-23-18-16-20(17-19-23)26-24-14-8-9-15-25(24)28(29,22-12-6-3-7-13-22)27(26)21-10-4-2-5-11-21/h2-19,29H,1H3. The van der Waals surface area contributed by atoms with Crippen molar-refractivity contribution in [3.8, 4) is 5.75 Å². The van der Waals surface area contributed by atoms with E-state index in [-0.39, 0.29) is 0 Å². The highest BCUT2D eigenvalue weighted by atomic mass is 16.5. The summed E-state index contributed by atoms with van der Waals surface area (Å²) in [5.74, 6) is 0.810. The van der Waals surface area contributed by atoms with E-state index in [9.17, 15) is 5.11 Å². The average molecular weight is 390 g/mol. The zero-order chi connectivity index (χ0) is 20.6. The van der Waals surface area contributed by atoms with Crippen LogP contribution in [0.2, 0.25) is 0 Å². The second-order valence-electron chi connectivity index (χ2n) is 7.47. The molecular weight excluding hydrogens is 368 g/mol. The van der Waals surface area contributed by atoms with Gasteiger partial charge in [0.15, 0.2) is 0 Å². The largest absolute Gasteiger partial charge is 0.497 e. The van der Waals surface area contributed by atoms with Crippen LogP contribution in [0.5, 0.6) is 5.75 Å². The van der Waals surface area contributed by atoms with Crippen LogP contribution in [0.4, 0.5) is 0 Å². The molecule has 0 aliphatic heterocycles. The summed E-state index contributed by atoms with van der Waals surface area (Å²) >= 11 is 0. The molecule has 1 N–H and O–H groups in total. The molecule has 0 bridgehead atoms. The van der Waals surface area contributed by atoms with Crippen LogP contribution in [0.3, 0.4) is 0 Å². The fraction of sp³-hybridized carbons (Fsp3) is 0.0714. The summed E-state index contributed by atoms with van der Waals surface area (Å²) in [6.45, 7) is 0. The molecule has 0 saturated heterocycles. The molecule has 4 aromatic rings. The second-order valence-corrected chi connectivity index (χ2v) is 7.47. The fourth-order valence-corrected chi connectivity index (χ4v) is 4.46. The molecule has 0 amide bonds. The Labute approximate surface area is 176 Å². The van der Waals surface area contributed by atoms with Gasteiger partial charge in [-0.15, -0.1) is 0 Å². The van der Waals surface area contributed by atoms with E-state index in [1.54, 1.807) is 7.11 Å². The van der Waals surface area contributed by atoms with Crippen LogP contribution in [0.1, 0.15) is 27.8 Å². The van der Waals surface area contributed by atoms with Crippen molar-refractivity contribution in [2.75, 3.05) is 7.11 Å². The highest BCUT2D eigenvalue weighted by Crippen LogP contribution is 2.54. The lowest BCUT2D eigenvalue weighted by molar-refractivity contribution is 0.148. The van der Waals surface area contributed by atoms with Gasteiger partial charge in [-0.2, -0.15) is 0 Å². The Hall–Kier alpha value is -3.62. The Kier molecular flexibility index (Phi) is 4.50. The molecular formula is C28H22O2. The van der Waals surface area contributed by atoms with Crippen LogP contribution in [-0.4, -0.2) is 12.2 Å². The summed E-state index contributed by atoms with van der Waals surface area (Å²) in [4.78, 5) is 0. The van der Waals surface area contributed by atoms with Crippen molar-refractivity contribution in [2.24, 2.45) is 0 Å². The van der Waals surface area contributed by atoms with Crippen molar-refractivity contribution in [1.82, 2.24) is 0 Å². The minimum absolute atomic E-state index is 0.810. The second kappa shape index (κ2) is 7.33. The van der Waals surface area contributed by atoms with Crippen molar-refractivity contribution in [1.29, 1.82) is 0 Å². The van der Waals surface area contributed by atoms with Crippen molar-refractivity contribution in [3.05, 3.63) is 137 Å². The molecule has 0 aromatic heterocycles. The fourth-order valence-electron chi connectivity index (χ4n) is 4.46. The molecule has 0 spiro atoms. The van der Waals surface area contributed by atoms with E-state index < -0.39 is 5.60 Å². The number of benzene rings is 4. The quantitative estimate of drug-likeness (QED) is 0.470. The molecule has 0 heterocycles. The Bertz CT molecular complexity index is 1210. The van der Waals surface area contributed by atoms with Crippen molar-refractivity contribution in [3.63, 3.8) is 0 Å². The van der Waals surface area contributed by atoms with Gasteiger partial charge >= 0.3 is 0 Å². The van der Waals surface area contributed by atoms with Gasteiger partial charge < -0.3 is 9.84 Å². The van der Waals surface area contributed by atoms with E-state index in [0.29, 0.717) is 0 Å². The van der Waals surface area contributed by atoms with E-state index in [0.717, 1.165) is 44.7 Å². The summed E-state index contributed by atoms with van der Waals surface area (Å²) in [7, 11) is 1.67. The van der Waals surface area contributed by atoms with Crippen LogP contribution in [0.25, 0.3) is 11.1 Å². The predicted molar refractivity (Wildman–Crippen MR) is 121 cm³/mol. The van der Waals surface area contributed by atoms with E-state index in [1.165, 1.54) is 0 Å². The van der Waals surface area contributed by atoms with Crippen LogP contribution >= 0.6 is 0 Å². The molecule has 2 nitrogen and oxygen atoms in total. The number of ether oxygens (including phenoxy) is 1. The number of hydrogen-bond donors (Lipinski definition) is 1. The Morgan fingerprint density at radius 2 is 1.23 bits per heavy atom. The number of hydrogen-bond acceptors (Lipinski definition) is 2. The maximum absolute atomic E-state index is 12.4. The molecule has 1 aliphatic carbocycles. The molecule has 0 radical (unpaired) electrons. The van der Waals surface area contributed by atoms with Gasteiger partial charge in [0, 0.05) is 11.1 Å². The zero-order valence-electron chi connectivity index (χ0n) is 16.7. The Balaban J connectivity index is 1.88. The normalized spacial score (nSPS) is 17.7. The third-order valence-corrected chi connectivity index (χ3v) is 5.83. The lowest BCUT2D eigenvalue weighted by atomic mass is 9.80. The van der Waals surface area contributed by atoms with Gasteiger partial charge in [0.1, 0.15) is 11.4 Å². The minimum Gasteiger partial charge on any atom is -0.497 e. The molecule has 30 heavy (non-hydrogen) atoms. The number of aliphatic hydroxyl groups is 1. The molecule has 2 heteroatoms. The van der Waals surface area contributed by atoms with E-state index in [1.807, 2.05) is 78.9 Å². The summed E-state index contributed by atoms with van der Waals surface area (Å²) in [5, 5.41) is 12.4. The van der Waals surface area contributed by atoms with Gasteiger partial charge in [-0.1, -0.05) is 97.1 Å². The molecule has 4 aromatic carbocycles. The average Bonchev–Trinajstić information content (AvgIpc) is 3.10. The first-order chi connectivity index (χ1) is 14.7. The van der Waals surface area contributed by atoms with E-state index >= 15 is 0 Å². The lowest BCUT2D eigenvalue weighted by Crippen LogP contribution is -2.27. The van der Waals surface area contributed by atoms with Gasteiger partial charge in [-0.05, 0) is 40.0 Å². The Morgan fingerprint density at radius 1 is 0.633 bits per heavy atom. The number of methoxy groups -OCH3 is 1. The maximum atomic E-state index is 12.4. The highest BCUT2D eigenvalue weighted by Gasteiger charge is 2.45. The third-order valence-electron chi connectivity index (χ3n) is 5.83.